The molecule has 2 aromatic rings. The number of benzene rings is 1. The molecule has 0 N–H and O–H groups in total. The van der Waals surface area contributed by atoms with Gasteiger partial charge in [-0.25, -0.2) is 14.1 Å². The van der Waals surface area contributed by atoms with Crippen LogP contribution in [0.1, 0.15) is 5.56 Å². The van der Waals surface area contributed by atoms with Crippen molar-refractivity contribution >= 4 is 10.1 Å². The van der Waals surface area contributed by atoms with Crippen molar-refractivity contribution in [2.24, 2.45) is 0 Å². The normalized spacial score (nSPS) is 24.3. The number of hydrogen-bond acceptors (Lipinski definition) is 7. The molecule has 1 aromatic carbocycles. The molecule has 1 aromatic heterocycles. The molecule has 0 amide bonds. The van der Waals surface area contributed by atoms with Crippen LogP contribution in [0.25, 0.3) is 0 Å². The van der Waals surface area contributed by atoms with Crippen molar-refractivity contribution in [3.05, 3.63) is 48.3 Å². The largest absolute Gasteiger partial charge is 0.342 e. The zero-order valence-corrected chi connectivity index (χ0v) is 13.6. The monoisotopic (exact) mass is 357 g/mol. The maximum Gasteiger partial charge on any atom is 0.264 e. The molecule has 0 radical (unpaired) electrons. The van der Waals surface area contributed by atoms with E-state index in [9.17, 15) is 12.8 Å². The van der Waals surface area contributed by atoms with Crippen LogP contribution in [0.5, 0.6) is 0 Å². The Labute approximate surface area is 138 Å². The van der Waals surface area contributed by atoms with Gasteiger partial charge in [0.05, 0.1) is 19.5 Å². The van der Waals surface area contributed by atoms with E-state index in [-0.39, 0.29) is 25.6 Å². The highest BCUT2D eigenvalue weighted by molar-refractivity contribution is 7.85. The number of nitrogens with zero attached hydrogens (tertiary/aromatic N) is 3. The van der Waals surface area contributed by atoms with E-state index >= 15 is 0 Å². The number of hydrogen-bond donors (Lipinski definition) is 0. The maximum atomic E-state index is 13.2. The molecule has 1 aliphatic rings. The van der Waals surface area contributed by atoms with Crippen LogP contribution in [0.4, 0.5) is 4.39 Å². The Morgan fingerprint density at radius 3 is 2.79 bits per heavy atom. The molecule has 0 unspecified atom stereocenters. The molecule has 10 heteroatoms. The van der Waals surface area contributed by atoms with Crippen molar-refractivity contribution < 1.29 is 26.5 Å². The Morgan fingerprint density at radius 1 is 1.42 bits per heavy atom. The van der Waals surface area contributed by atoms with Gasteiger partial charge in [-0.05, 0) is 12.1 Å². The number of aromatic nitrogens is 3. The summed E-state index contributed by atoms with van der Waals surface area (Å²) in [4.78, 5) is 3.87. The highest BCUT2D eigenvalue weighted by atomic mass is 32.2. The molecule has 0 aliphatic carbocycles. The summed E-state index contributed by atoms with van der Waals surface area (Å²) in [5.74, 6) is -1.61. The van der Waals surface area contributed by atoms with Crippen molar-refractivity contribution in [3.63, 3.8) is 0 Å². The standard InChI is InChI=1S/C14H16FN3O5S/c1-24(19,20)22-7-13-6-21-14(23-13,8-18-10-16-9-17-18)11-2-4-12(15)5-3-11/h2-5,9-10,13H,6-8H2,1H3/t13-,14+/m0/s1. The molecule has 1 aliphatic heterocycles. The van der Waals surface area contributed by atoms with Crippen LogP contribution in [0, 0.1) is 5.82 Å². The molecule has 24 heavy (non-hydrogen) atoms. The van der Waals surface area contributed by atoms with Crippen LogP contribution in [0.2, 0.25) is 0 Å². The first-order valence-electron chi connectivity index (χ1n) is 7.11. The van der Waals surface area contributed by atoms with Gasteiger partial charge in [0.15, 0.2) is 0 Å². The molecule has 130 valence electrons. The van der Waals surface area contributed by atoms with E-state index in [1.807, 2.05) is 0 Å². The van der Waals surface area contributed by atoms with Gasteiger partial charge in [0.25, 0.3) is 10.1 Å². The van der Waals surface area contributed by atoms with E-state index in [0.29, 0.717) is 5.56 Å². The van der Waals surface area contributed by atoms with Crippen LogP contribution in [-0.4, -0.2) is 48.8 Å². The molecule has 2 atom stereocenters. The summed E-state index contributed by atoms with van der Waals surface area (Å²) in [6, 6.07) is 5.69. The lowest BCUT2D eigenvalue weighted by Gasteiger charge is -2.28. The third-order valence-electron chi connectivity index (χ3n) is 3.45. The molecule has 2 heterocycles. The summed E-state index contributed by atoms with van der Waals surface area (Å²) in [5.41, 5.74) is 0.584. The van der Waals surface area contributed by atoms with Crippen LogP contribution < -0.4 is 0 Å². The van der Waals surface area contributed by atoms with E-state index in [1.165, 1.54) is 29.5 Å². The zero-order chi connectivity index (χ0) is 17.2. The van der Waals surface area contributed by atoms with Gasteiger partial charge < -0.3 is 9.47 Å². The van der Waals surface area contributed by atoms with Gasteiger partial charge in [-0.1, -0.05) is 12.1 Å². The number of rotatable bonds is 6. The Balaban J connectivity index is 1.82. The second kappa shape index (κ2) is 6.55. The molecule has 8 nitrogen and oxygen atoms in total. The first kappa shape index (κ1) is 17.0. The summed E-state index contributed by atoms with van der Waals surface area (Å²) >= 11 is 0. The predicted octanol–water partition coefficient (Wildman–Crippen LogP) is 0.662. The molecule has 0 spiro atoms. The van der Waals surface area contributed by atoms with Gasteiger partial charge in [-0.3, -0.25) is 4.18 Å². The van der Waals surface area contributed by atoms with Crippen molar-refractivity contribution in [1.82, 2.24) is 14.8 Å². The van der Waals surface area contributed by atoms with Gasteiger partial charge in [0.1, 0.15) is 31.1 Å². The summed E-state index contributed by atoms with van der Waals surface area (Å²) in [6.45, 7) is 0.134. The van der Waals surface area contributed by atoms with Gasteiger partial charge >= 0.3 is 0 Å². The van der Waals surface area contributed by atoms with Crippen molar-refractivity contribution in [1.29, 1.82) is 0 Å². The molecular weight excluding hydrogens is 341 g/mol. The number of halogens is 1. The molecule has 3 rings (SSSR count). The Morgan fingerprint density at radius 2 is 2.17 bits per heavy atom. The summed E-state index contributed by atoms with van der Waals surface area (Å²) < 4.78 is 53.5. The van der Waals surface area contributed by atoms with E-state index in [1.54, 1.807) is 12.1 Å². The second-order valence-corrected chi connectivity index (χ2v) is 7.04. The SMILES string of the molecule is CS(=O)(=O)OC[C@@H]1CO[C@@](Cn2cncn2)(c2ccc(F)cc2)O1. The van der Waals surface area contributed by atoms with E-state index in [2.05, 4.69) is 10.1 Å². The predicted molar refractivity (Wildman–Crippen MR) is 79.7 cm³/mol. The minimum atomic E-state index is -3.58. The van der Waals surface area contributed by atoms with E-state index in [0.717, 1.165) is 6.26 Å². The van der Waals surface area contributed by atoms with E-state index in [4.69, 9.17) is 13.7 Å². The third kappa shape index (κ3) is 3.96. The lowest BCUT2D eigenvalue weighted by molar-refractivity contribution is -0.190. The maximum absolute atomic E-state index is 13.2. The molecule has 1 fully saturated rings. The van der Waals surface area contributed by atoms with Crippen molar-refractivity contribution in [2.45, 2.75) is 18.4 Å². The fourth-order valence-corrected chi connectivity index (χ4v) is 2.80. The second-order valence-electron chi connectivity index (χ2n) is 5.39. The van der Waals surface area contributed by atoms with Crippen LogP contribution in [-0.2, 0) is 36.1 Å². The molecule has 0 bridgehead atoms. The first-order valence-corrected chi connectivity index (χ1v) is 8.93. The molecule has 0 saturated carbocycles. The highest BCUT2D eigenvalue weighted by Gasteiger charge is 2.44. The summed E-state index contributed by atoms with van der Waals surface area (Å²) in [6.07, 6.45) is 3.25. The average molecular weight is 357 g/mol. The lowest BCUT2D eigenvalue weighted by atomic mass is 10.1. The van der Waals surface area contributed by atoms with Crippen LogP contribution in [0.3, 0.4) is 0 Å². The fraction of sp³-hybridized carbons (Fsp3) is 0.429. The van der Waals surface area contributed by atoms with Gasteiger partial charge in [0, 0.05) is 5.56 Å². The quantitative estimate of drug-likeness (QED) is 0.701. The molecular formula is C14H16FN3O5S. The fourth-order valence-electron chi connectivity index (χ4n) is 2.40. The minimum absolute atomic E-state index is 0.127. The first-order chi connectivity index (χ1) is 11.4. The average Bonchev–Trinajstić information content (AvgIpc) is 3.16. The smallest absolute Gasteiger partial charge is 0.264 e. The number of ether oxygens (including phenoxy) is 2. The topological polar surface area (TPSA) is 92.5 Å². The van der Waals surface area contributed by atoms with Crippen molar-refractivity contribution in [3.8, 4) is 0 Å². The van der Waals surface area contributed by atoms with Crippen molar-refractivity contribution in [2.75, 3.05) is 19.5 Å². The van der Waals surface area contributed by atoms with Crippen LogP contribution >= 0.6 is 0 Å². The zero-order valence-electron chi connectivity index (χ0n) is 12.8. The Hall–Kier alpha value is -1.88. The lowest BCUT2D eigenvalue weighted by Crippen LogP contribution is -2.34. The summed E-state index contributed by atoms with van der Waals surface area (Å²) in [7, 11) is -3.58. The highest BCUT2D eigenvalue weighted by Crippen LogP contribution is 2.36. The van der Waals surface area contributed by atoms with Gasteiger partial charge in [-0.15, -0.1) is 0 Å². The Bertz CT molecular complexity index is 781. The van der Waals surface area contributed by atoms with Gasteiger partial charge in [-0.2, -0.15) is 13.5 Å². The van der Waals surface area contributed by atoms with E-state index < -0.39 is 22.0 Å². The Kier molecular flexibility index (Phi) is 4.63. The third-order valence-corrected chi connectivity index (χ3v) is 4.01. The molecule has 1 saturated heterocycles. The van der Waals surface area contributed by atoms with Crippen LogP contribution in [0.15, 0.2) is 36.9 Å². The van der Waals surface area contributed by atoms with Gasteiger partial charge in [0.2, 0.25) is 5.79 Å². The minimum Gasteiger partial charge on any atom is -0.342 e. The summed E-state index contributed by atoms with van der Waals surface area (Å²) in [5, 5.41) is 4.02.